The van der Waals surface area contributed by atoms with Gasteiger partial charge >= 0.3 is 0 Å². The van der Waals surface area contributed by atoms with Crippen molar-refractivity contribution < 1.29 is 14.4 Å². The molecule has 0 spiro atoms. The molecule has 1 aliphatic carbocycles. The van der Waals surface area contributed by atoms with Crippen molar-refractivity contribution in [1.29, 1.82) is 0 Å². The SMILES string of the molecule is CCCN1C(=O)c2cc(C(=O)NCCCN3CCN(C)CC3)nn2C[C@@]1(C)C(=O)NC1CCCC1. The fraction of sp³-hybridized carbons (Fsp3) is 0.760. The molecule has 1 saturated carbocycles. The second-order valence-corrected chi connectivity index (χ2v) is 10.5. The summed E-state index contributed by atoms with van der Waals surface area (Å²) >= 11 is 0. The molecule has 2 fully saturated rings. The van der Waals surface area contributed by atoms with E-state index in [4.69, 9.17) is 0 Å². The van der Waals surface area contributed by atoms with Gasteiger partial charge in [-0.05, 0) is 46.2 Å². The average molecular weight is 488 g/mol. The third-order valence-corrected chi connectivity index (χ3v) is 7.69. The summed E-state index contributed by atoms with van der Waals surface area (Å²) in [5, 5.41) is 10.5. The Hall–Kier alpha value is -2.46. The summed E-state index contributed by atoms with van der Waals surface area (Å²) in [6.45, 7) is 10.3. The van der Waals surface area contributed by atoms with Crippen molar-refractivity contribution >= 4 is 17.7 Å². The number of rotatable bonds is 9. The highest BCUT2D eigenvalue weighted by Gasteiger charge is 2.48. The summed E-state index contributed by atoms with van der Waals surface area (Å²) in [6.07, 6.45) is 5.82. The first-order valence-electron chi connectivity index (χ1n) is 13.2. The van der Waals surface area contributed by atoms with E-state index >= 15 is 0 Å². The number of hydrogen-bond donors (Lipinski definition) is 2. The number of amides is 3. The number of aromatic nitrogens is 2. The molecule has 3 aliphatic rings. The van der Waals surface area contributed by atoms with Crippen LogP contribution in [0.15, 0.2) is 6.07 Å². The van der Waals surface area contributed by atoms with Gasteiger partial charge in [0.25, 0.3) is 11.8 Å². The zero-order valence-electron chi connectivity index (χ0n) is 21.5. The van der Waals surface area contributed by atoms with Crippen molar-refractivity contribution in [3.63, 3.8) is 0 Å². The minimum Gasteiger partial charge on any atom is -0.351 e. The van der Waals surface area contributed by atoms with E-state index in [-0.39, 0.29) is 36.0 Å². The largest absolute Gasteiger partial charge is 0.351 e. The molecule has 1 atom stereocenters. The van der Waals surface area contributed by atoms with Gasteiger partial charge in [-0.15, -0.1) is 0 Å². The van der Waals surface area contributed by atoms with Crippen LogP contribution in [0.1, 0.15) is 73.3 Å². The maximum absolute atomic E-state index is 13.4. The van der Waals surface area contributed by atoms with Gasteiger partial charge in [-0.25, -0.2) is 0 Å². The first-order valence-corrected chi connectivity index (χ1v) is 13.2. The lowest BCUT2D eigenvalue weighted by atomic mass is 9.94. The molecule has 0 radical (unpaired) electrons. The molecule has 1 saturated heterocycles. The van der Waals surface area contributed by atoms with Gasteiger partial charge < -0.3 is 25.3 Å². The fourth-order valence-corrected chi connectivity index (χ4v) is 5.40. The lowest BCUT2D eigenvalue weighted by molar-refractivity contribution is -0.133. The molecule has 194 valence electrons. The number of nitrogens with zero attached hydrogens (tertiary/aromatic N) is 5. The van der Waals surface area contributed by atoms with Crippen LogP contribution in [0.4, 0.5) is 0 Å². The Morgan fingerprint density at radius 2 is 1.86 bits per heavy atom. The molecule has 2 aliphatic heterocycles. The number of carbonyl (C=O) groups is 3. The Kier molecular flexibility index (Phi) is 8.11. The second kappa shape index (κ2) is 11.1. The van der Waals surface area contributed by atoms with E-state index in [1.54, 1.807) is 15.6 Å². The third-order valence-electron chi connectivity index (χ3n) is 7.69. The molecule has 0 unspecified atom stereocenters. The molecule has 35 heavy (non-hydrogen) atoms. The molecular formula is C25H41N7O3. The third kappa shape index (κ3) is 5.69. The van der Waals surface area contributed by atoms with Gasteiger partial charge in [0.1, 0.15) is 11.2 Å². The van der Waals surface area contributed by atoms with Gasteiger partial charge in [0.2, 0.25) is 5.91 Å². The van der Waals surface area contributed by atoms with Crippen LogP contribution in [-0.2, 0) is 11.3 Å². The van der Waals surface area contributed by atoms with Crippen LogP contribution in [0.25, 0.3) is 0 Å². The van der Waals surface area contributed by atoms with Crippen molar-refractivity contribution in [1.82, 2.24) is 35.1 Å². The maximum atomic E-state index is 13.4. The zero-order valence-corrected chi connectivity index (χ0v) is 21.5. The van der Waals surface area contributed by atoms with Gasteiger partial charge in [-0.1, -0.05) is 19.8 Å². The highest BCUT2D eigenvalue weighted by Crippen LogP contribution is 2.29. The minimum absolute atomic E-state index is 0.137. The smallest absolute Gasteiger partial charge is 0.273 e. The summed E-state index contributed by atoms with van der Waals surface area (Å²) in [4.78, 5) is 45.9. The highest BCUT2D eigenvalue weighted by molar-refractivity contribution is 6.01. The Morgan fingerprint density at radius 1 is 1.14 bits per heavy atom. The van der Waals surface area contributed by atoms with E-state index < -0.39 is 5.54 Å². The first kappa shape index (κ1) is 25.6. The van der Waals surface area contributed by atoms with Gasteiger partial charge in [0.05, 0.1) is 6.54 Å². The average Bonchev–Trinajstić information content (AvgIpc) is 3.50. The van der Waals surface area contributed by atoms with E-state index in [1.807, 2.05) is 13.8 Å². The van der Waals surface area contributed by atoms with Gasteiger partial charge in [0, 0.05) is 51.4 Å². The molecule has 4 rings (SSSR count). The number of nitrogens with one attached hydrogen (secondary N) is 2. The minimum atomic E-state index is -1.04. The standard InChI is InChI=1S/C25H41N7O3/c1-4-11-31-23(34)21-17-20(22(33)26-10-7-12-30-15-13-29(3)14-16-30)28-32(21)18-25(31,2)24(35)27-19-8-5-6-9-19/h17,19H,4-16,18H2,1-3H3,(H,26,33)(H,27,35)/t25-/m0/s1. The normalized spacial score (nSPS) is 24.0. The van der Waals surface area contributed by atoms with Crippen molar-refractivity contribution in [2.24, 2.45) is 0 Å². The monoisotopic (exact) mass is 487 g/mol. The van der Waals surface area contributed by atoms with Crippen molar-refractivity contribution in [2.75, 3.05) is 52.9 Å². The van der Waals surface area contributed by atoms with Crippen LogP contribution >= 0.6 is 0 Å². The van der Waals surface area contributed by atoms with E-state index in [2.05, 4.69) is 32.6 Å². The first-order chi connectivity index (χ1) is 16.8. The molecule has 0 aromatic carbocycles. The topological polar surface area (TPSA) is 103 Å². The summed E-state index contributed by atoms with van der Waals surface area (Å²) in [7, 11) is 2.14. The van der Waals surface area contributed by atoms with Crippen LogP contribution in [-0.4, -0.2) is 107 Å². The summed E-state index contributed by atoms with van der Waals surface area (Å²) in [5.41, 5.74) is -0.442. The molecule has 10 nitrogen and oxygen atoms in total. The van der Waals surface area contributed by atoms with Gasteiger partial charge in [0.15, 0.2) is 5.69 Å². The predicted molar refractivity (Wildman–Crippen MR) is 133 cm³/mol. The number of hydrogen-bond acceptors (Lipinski definition) is 6. The van der Waals surface area contributed by atoms with Crippen molar-refractivity contribution in [3.8, 4) is 0 Å². The highest BCUT2D eigenvalue weighted by atomic mass is 16.2. The van der Waals surface area contributed by atoms with Crippen molar-refractivity contribution in [3.05, 3.63) is 17.5 Å². The lowest BCUT2D eigenvalue weighted by Gasteiger charge is -2.43. The van der Waals surface area contributed by atoms with Crippen LogP contribution in [0.2, 0.25) is 0 Å². The lowest BCUT2D eigenvalue weighted by Crippen LogP contribution is -2.65. The van der Waals surface area contributed by atoms with Crippen LogP contribution in [0.3, 0.4) is 0 Å². The van der Waals surface area contributed by atoms with E-state index in [1.165, 1.54) is 0 Å². The second-order valence-electron chi connectivity index (χ2n) is 10.5. The van der Waals surface area contributed by atoms with Crippen LogP contribution in [0, 0.1) is 0 Å². The molecule has 3 amide bonds. The fourth-order valence-electron chi connectivity index (χ4n) is 5.40. The number of likely N-dealkylation sites (N-methyl/N-ethyl adjacent to an activating group) is 1. The number of piperazine rings is 1. The van der Waals surface area contributed by atoms with E-state index in [0.29, 0.717) is 18.8 Å². The molecule has 2 N–H and O–H groups in total. The number of carbonyl (C=O) groups excluding carboxylic acids is 3. The summed E-state index contributed by atoms with van der Waals surface area (Å²) in [5.74, 6) is -0.664. The molecule has 10 heteroatoms. The Morgan fingerprint density at radius 3 is 2.54 bits per heavy atom. The van der Waals surface area contributed by atoms with Crippen LogP contribution < -0.4 is 10.6 Å². The molecule has 1 aromatic rings. The van der Waals surface area contributed by atoms with Gasteiger partial charge in [-0.2, -0.15) is 5.10 Å². The molecule has 3 heterocycles. The van der Waals surface area contributed by atoms with Gasteiger partial charge in [-0.3, -0.25) is 19.1 Å². The maximum Gasteiger partial charge on any atom is 0.273 e. The zero-order chi connectivity index (χ0) is 25.0. The Bertz CT molecular complexity index is 918. The van der Waals surface area contributed by atoms with Crippen LogP contribution in [0.5, 0.6) is 0 Å². The quantitative estimate of drug-likeness (QED) is 0.503. The predicted octanol–water partition coefficient (Wildman–Crippen LogP) is 0.934. The Labute approximate surface area is 208 Å². The van der Waals surface area contributed by atoms with E-state index in [0.717, 1.165) is 71.2 Å². The molecule has 1 aromatic heterocycles. The molecule has 0 bridgehead atoms. The summed E-state index contributed by atoms with van der Waals surface area (Å²) in [6, 6.07) is 1.74. The summed E-state index contributed by atoms with van der Waals surface area (Å²) < 4.78 is 1.54. The number of fused-ring (bicyclic) bond motifs is 1. The Balaban J connectivity index is 1.38. The van der Waals surface area contributed by atoms with Crippen molar-refractivity contribution in [2.45, 2.75) is 70.5 Å². The van der Waals surface area contributed by atoms with E-state index in [9.17, 15) is 14.4 Å². The molecular weight excluding hydrogens is 446 g/mol.